The average Bonchev–Trinajstić information content (AvgIpc) is 2.89. The SMILES string of the molecule is S=C(NCCC1CCCO1)NC12CC3CC(CC(C3)C1)C2. The molecular weight excluding hydrogens is 280 g/mol. The summed E-state index contributed by atoms with van der Waals surface area (Å²) >= 11 is 5.57. The van der Waals surface area contributed by atoms with Crippen molar-refractivity contribution in [3.8, 4) is 0 Å². The highest BCUT2D eigenvalue weighted by atomic mass is 32.1. The minimum Gasteiger partial charge on any atom is -0.378 e. The van der Waals surface area contributed by atoms with E-state index in [9.17, 15) is 0 Å². The molecule has 5 fully saturated rings. The first kappa shape index (κ1) is 14.3. The lowest BCUT2D eigenvalue weighted by atomic mass is 9.53. The molecule has 5 aliphatic rings. The van der Waals surface area contributed by atoms with E-state index in [4.69, 9.17) is 17.0 Å². The molecule has 5 rings (SSSR count). The van der Waals surface area contributed by atoms with Crippen molar-refractivity contribution in [2.75, 3.05) is 13.2 Å². The van der Waals surface area contributed by atoms with Crippen LogP contribution >= 0.6 is 12.2 Å². The molecule has 0 spiro atoms. The van der Waals surface area contributed by atoms with Gasteiger partial charge in [0.15, 0.2) is 5.11 Å². The minimum atomic E-state index is 0.336. The van der Waals surface area contributed by atoms with Gasteiger partial charge in [-0.25, -0.2) is 0 Å². The minimum absolute atomic E-state index is 0.336. The molecule has 0 amide bonds. The summed E-state index contributed by atoms with van der Waals surface area (Å²) in [5.41, 5.74) is 0.336. The van der Waals surface area contributed by atoms with Gasteiger partial charge in [-0.15, -0.1) is 0 Å². The van der Waals surface area contributed by atoms with Gasteiger partial charge in [-0.2, -0.15) is 0 Å². The van der Waals surface area contributed by atoms with Crippen LogP contribution in [-0.2, 0) is 4.74 Å². The highest BCUT2D eigenvalue weighted by Gasteiger charge is 2.51. The lowest BCUT2D eigenvalue weighted by Crippen LogP contribution is -2.61. The molecule has 3 nitrogen and oxygen atoms in total. The Bertz CT molecular complexity index is 370. The third kappa shape index (κ3) is 3.07. The van der Waals surface area contributed by atoms with Gasteiger partial charge in [0.2, 0.25) is 0 Å². The number of hydrogen-bond donors (Lipinski definition) is 2. The van der Waals surface area contributed by atoms with Crippen molar-refractivity contribution in [2.45, 2.75) is 69.4 Å². The molecule has 4 heteroatoms. The maximum Gasteiger partial charge on any atom is 0.166 e. The van der Waals surface area contributed by atoms with Crippen LogP contribution in [0.2, 0.25) is 0 Å². The Morgan fingerprint density at radius 3 is 2.33 bits per heavy atom. The van der Waals surface area contributed by atoms with Crippen molar-refractivity contribution in [1.82, 2.24) is 10.6 Å². The second-order valence-electron chi connectivity index (χ2n) is 8.00. The predicted octanol–water partition coefficient (Wildman–Crippen LogP) is 2.99. The van der Waals surface area contributed by atoms with Crippen molar-refractivity contribution in [2.24, 2.45) is 17.8 Å². The molecule has 1 atom stereocenters. The molecule has 4 aliphatic carbocycles. The Kier molecular flexibility index (Phi) is 3.86. The molecule has 118 valence electrons. The molecule has 0 aromatic rings. The van der Waals surface area contributed by atoms with E-state index in [-0.39, 0.29) is 0 Å². The molecule has 1 unspecified atom stereocenters. The fourth-order valence-corrected chi connectivity index (χ4v) is 6.09. The van der Waals surface area contributed by atoms with E-state index < -0.39 is 0 Å². The normalized spacial score (nSPS) is 44.0. The van der Waals surface area contributed by atoms with E-state index in [2.05, 4.69) is 10.6 Å². The number of thiocarbonyl (C=S) groups is 1. The second kappa shape index (κ2) is 5.69. The molecule has 4 bridgehead atoms. The lowest BCUT2D eigenvalue weighted by molar-refractivity contribution is -0.0101. The molecule has 0 aromatic carbocycles. The largest absolute Gasteiger partial charge is 0.378 e. The van der Waals surface area contributed by atoms with Gasteiger partial charge < -0.3 is 15.4 Å². The third-order valence-corrected chi connectivity index (χ3v) is 6.44. The summed E-state index contributed by atoms with van der Waals surface area (Å²) in [5, 5.41) is 8.04. The van der Waals surface area contributed by atoms with Crippen molar-refractivity contribution in [3.05, 3.63) is 0 Å². The van der Waals surface area contributed by atoms with Crippen LogP contribution in [0.15, 0.2) is 0 Å². The van der Waals surface area contributed by atoms with Gasteiger partial charge in [0, 0.05) is 18.7 Å². The Morgan fingerprint density at radius 2 is 1.76 bits per heavy atom. The number of rotatable bonds is 4. The molecule has 1 saturated heterocycles. The van der Waals surface area contributed by atoms with Crippen molar-refractivity contribution in [1.29, 1.82) is 0 Å². The number of nitrogens with one attached hydrogen (secondary N) is 2. The molecule has 2 N–H and O–H groups in total. The summed E-state index contributed by atoms with van der Waals surface area (Å²) in [7, 11) is 0. The summed E-state index contributed by atoms with van der Waals surface area (Å²) in [6, 6.07) is 0. The number of ether oxygens (including phenoxy) is 1. The zero-order valence-electron chi connectivity index (χ0n) is 12.9. The number of hydrogen-bond acceptors (Lipinski definition) is 2. The quantitative estimate of drug-likeness (QED) is 0.782. The Hall–Kier alpha value is -0.350. The van der Waals surface area contributed by atoms with Crippen LogP contribution in [0.4, 0.5) is 0 Å². The second-order valence-corrected chi connectivity index (χ2v) is 8.41. The van der Waals surface area contributed by atoms with Crippen LogP contribution in [0, 0.1) is 17.8 Å². The molecule has 0 aromatic heterocycles. The van der Waals surface area contributed by atoms with Crippen LogP contribution in [0.3, 0.4) is 0 Å². The summed E-state index contributed by atoms with van der Waals surface area (Å²) in [4.78, 5) is 0. The maximum atomic E-state index is 5.67. The molecule has 1 aliphatic heterocycles. The molecular formula is C17H28N2OS. The first-order valence-electron chi connectivity index (χ1n) is 8.88. The highest BCUT2D eigenvalue weighted by Crippen LogP contribution is 2.55. The zero-order chi connectivity index (χ0) is 14.3. The van der Waals surface area contributed by atoms with E-state index in [1.54, 1.807) is 0 Å². The summed E-state index contributed by atoms with van der Waals surface area (Å²) < 4.78 is 5.67. The highest BCUT2D eigenvalue weighted by molar-refractivity contribution is 7.80. The van der Waals surface area contributed by atoms with Crippen LogP contribution in [0.25, 0.3) is 0 Å². The molecule has 21 heavy (non-hydrogen) atoms. The Balaban J connectivity index is 1.26. The average molecular weight is 308 g/mol. The third-order valence-electron chi connectivity index (χ3n) is 6.19. The fraction of sp³-hybridized carbons (Fsp3) is 0.941. The first-order valence-corrected chi connectivity index (χ1v) is 9.29. The standard InChI is InChI=1S/C17H28N2OS/c21-16(18-4-3-15-2-1-5-20-15)19-17-9-12-6-13(10-17)8-14(7-12)11-17/h12-15H,1-11H2,(H2,18,19,21). The molecule has 4 saturated carbocycles. The monoisotopic (exact) mass is 308 g/mol. The molecule has 1 heterocycles. The topological polar surface area (TPSA) is 33.3 Å². The van der Waals surface area contributed by atoms with Crippen molar-refractivity contribution >= 4 is 17.3 Å². The van der Waals surface area contributed by atoms with Gasteiger partial charge in [-0.3, -0.25) is 0 Å². The van der Waals surface area contributed by atoms with Gasteiger partial charge in [0.05, 0.1) is 6.10 Å². The van der Waals surface area contributed by atoms with Gasteiger partial charge >= 0.3 is 0 Å². The summed E-state index contributed by atoms with van der Waals surface area (Å²) in [6.45, 7) is 1.89. The fourth-order valence-electron chi connectivity index (χ4n) is 5.77. The zero-order valence-corrected chi connectivity index (χ0v) is 13.7. The summed E-state index contributed by atoms with van der Waals surface area (Å²) in [6.07, 6.45) is 12.5. The van der Waals surface area contributed by atoms with E-state index in [1.165, 1.54) is 51.4 Å². The van der Waals surface area contributed by atoms with Gasteiger partial charge in [-0.1, -0.05) is 0 Å². The van der Waals surface area contributed by atoms with E-state index in [1.807, 2.05) is 0 Å². The lowest BCUT2D eigenvalue weighted by Gasteiger charge is -2.57. The van der Waals surface area contributed by atoms with E-state index >= 15 is 0 Å². The van der Waals surface area contributed by atoms with Crippen LogP contribution in [0.5, 0.6) is 0 Å². The Labute approximate surface area is 133 Å². The predicted molar refractivity (Wildman–Crippen MR) is 88.2 cm³/mol. The van der Waals surface area contributed by atoms with Crippen LogP contribution in [-0.4, -0.2) is 29.9 Å². The van der Waals surface area contributed by atoms with Gasteiger partial charge in [0.25, 0.3) is 0 Å². The van der Waals surface area contributed by atoms with Crippen LogP contribution < -0.4 is 10.6 Å². The van der Waals surface area contributed by atoms with Crippen molar-refractivity contribution in [3.63, 3.8) is 0 Å². The van der Waals surface area contributed by atoms with Gasteiger partial charge in [0.1, 0.15) is 0 Å². The van der Waals surface area contributed by atoms with Crippen molar-refractivity contribution < 1.29 is 4.74 Å². The first-order chi connectivity index (χ1) is 10.2. The molecule has 0 radical (unpaired) electrons. The van der Waals surface area contributed by atoms with E-state index in [0.29, 0.717) is 11.6 Å². The van der Waals surface area contributed by atoms with Gasteiger partial charge in [-0.05, 0) is 87.8 Å². The van der Waals surface area contributed by atoms with Crippen LogP contribution in [0.1, 0.15) is 57.8 Å². The van der Waals surface area contributed by atoms with E-state index in [0.717, 1.165) is 42.4 Å². The maximum absolute atomic E-state index is 5.67. The smallest absolute Gasteiger partial charge is 0.166 e. The Morgan fingerprint density at radius 1 is 1.10 bits per heavy atom. The summed E-state index contributed by atoms with van der Waals surface area (Å²) in [5.74, 6) is 2.91.